The van der Waals surface area contributed by atoms with E-state index in [2.05, 4.69) is 10.9 Å². The Morgan fingerprint density at radius 1 is 0.852 bits per heavy atom. The zero-order valence-corrected chi connectivity index (χ0v) is 15.7. The van der Waals surface area contributed by atoms with Gasteiger partial charge < -0.3 is 14.2 Å². The minimum absolute atomic E-state index is 0.205. The normalized spacial score (nSPS) is 10.2. The zero-order chi connectivity index (χ0) is 19.6. The number of amides is 2. The van der Waals surface area contributed by atoms with Gasteiger partial charge in [0.05, 0.1) is 7.11 Å². The fraction of sp³-hybridized carbons (Fsp3) is 0.300. The predicted octanol–water partition coefficient (Wildman–Crippen LogP) is 2.42. The second-order valence-electron chi connectivity index (χ2n) is 6.04. The van der Waals surface area contributed by atoms with Crippen molar-refractivity contribution in [3.63, 3.8) is 0 Å². The highest BCUT2D eigenvalue weighted by Crippen LogP contribution is 2.25. The molecular weight excluding hydrogens is 348 g/mol. The van der Waals surface area contributed by atoms with E-state index in [1.807, 2.05) is 38.1 Å². The highest BCUT2D eigenvalue weighted by molar-refractivity contribution is 5.83. The zero-order valence-electron chi connectivity index (χ0n) is 15.7. The number of nitrogens with one attached hydrogen (secondary N) is 2. The molecule has 0 aromatic heterocycles. The quantitative estimate of drug-likeness (QED) is 0.695. The van der Waals surface area contributed by atoms with E-state index in [4.69, 9.17) is 14.2 Å². The Kier molecular flexibility index (Phi) is 7.49. The Balaban J connectivity index is 1.71. The number of ether oxygens (including phenoxy) is 3. The van der Waals surface area contributed by atoms with Crippen molar-refractivity contribution in [2.75, 3.05) is 20.3 Å². The van der Waals surface area contributed by atoms with Gasteiger partial charge >= 0.3 is 0 Å². The van der Waals surface area contributed by atoms with Crippen LogP contribution in [0.4, 0.5) is 0 Å². The molecule has 2 aromatic rings. The van der Waals surface area contributed by atoms with E-state index in [0.717, 1.165) is 5.56 Å². The van der Waals surface area contributed by atoms with Crippen LogP contribution in [-0.4, -0.2) is 32.1 Å². The van der Waals surface area contributed by atoms with Crippen LogP contribution >= 0.6 is 0 Å². The molecule has 0 heterocycles. The number of hydrogen-bond donors (Lipinski definition) is 2. The first-order chi connectivity index (χ1) is 13.0. The molecule has 0 saturated carbocycles. The molecule has 0 unspecified atom stereocenters. The van der Waals surface area contributed by atoms with Gasteiger partial charge in [-0.1, -0.05) is 32.0 Å². The Bertz CT molecular complexity index is 759. The summed E-state index contributed by atoms with van der Waals surface area (Å²) in [6.45, 7) is 3.66. The molecule has 2 amide bonds. The Morgan fingerprint density at radius 2 is 1.41 bits per heavy atom. The molecule has 2 N–H and O–H groups in total. The first-order valence-electron chi connectivity index (χ1n) is 8.56. The average Bonchev–Trinajstić information content (AvgIpc) is 2.69. The molecule has 0 spiro atoms. The second-order valence-corrected chi connectivity index (χ2v) is 6.04. The first-order valence-corrected chi connectivity index (χ1v) is 8.56. The number of para-hydroxylation sites is 1. The number of methoxy groups -OCH3 is 1. The van der Waals surface area contributed by atoms with Gasteiger partial charge in [0.25, 0.3) is 11.8 Å². The van der Waals surface area contributed by atoms with Crippen LogP contribution in [-0.2, 0) is 9.59 Å². The topological polar surface area (TPSA) is 85.9 Å². The van der Waals surface area contributed by atoms with Crippen LogP contribution in [0.15, 0.2) is 48.5 Å². The molecule has 144 valence electrons. The number of hydrogen-bond acceptors (Lipinski definition) is 5. The van der Waals surface area contributed by atoms with E-state index in [1.165, 1.54) is 0 Å². The summed E-state index contributed by atoms with van der Waals surface area (Å²) in [7, 11) is 1.57. The lowest BCUT2D eigenvalue weighted by atomic mass is 10.0. The largest absolute Gasteiger partial charge is 0.497 e. The SMILES string of the molecule is COc1ccc(OCC(=O)NNC(=O)COc2ccccc2C(C)C)cc1. The highest BCUT2D eigenvalue weighted by Gasteiger charge is 2.10. The van der Waals surface area contributed by atoms with E-state index >= 15 is 0 Å². The third kappa shape index (κ3) is 6.54. The van der Waals surface area contributed by atoms with Crippen molar-refractivity contribution in [2.24, 2.45) is 0 Å². The van der Waals surface area contributed by atoms with Crippen molar-refractivity contribution in [3.8, 4) is 17.2 Å². The Morgan fingerprint density at radius 3 is 2.00 bits per heavy atom. The molecule has 0 bridgehead atoms. The lowest BCUT2D eigenvalue weighted by Gasteiger charge is -2.14. The van der Waals surface area contributed by atoms with Crippen molar-refractivity contribution in [1.29, 1.82) is 0 Å². The van der Waals surface area contributed by atoms with Gasteiger partial charge in [-0.15, -0.1) is 0 Å². The monoisotopic (exact) mass is 372 g/mol. The predicted molar refractivity (Wildman–Crippen MR) is 101 cm³/mol. The lowest BCUT2D eigenvalue weighted by Crippen LogP contribution is -2.45. The van der Waals surface area contributed by atoms with E-state index in [0.29, 0.717) is 17.2 Å². The number of benzene rings is 2. The first kappa shape index (κ1) is 20.1. The number of rotatable bonds is 8. The highest BCUT2D eigenvalue weighted by atomic mass is 16.5. The Hall–Kier alpha value is -3.22. The van der Waals surface area contributed by atoms with Crippen LogP contribution in [0, 0.1) is 0 Å². The van der Waals surface area contributed by atoms with Gasteiger partial charge in [0.2, 0.25) is 0 Å². The van der Waals surface area contributed by atoms with Gasteiger partial charge in [-0.25, -0.2) is 0 Å². The standard InChI is InChI=1S/C20H24N2O5/c1-14(2)17-6-4-5-7-18(17)27-13-20(24)22-21-19(23)12-26-16-10-8-15(25-3)9-11-16/h4-11,14H,12-13H2,1-3H3,(H,21,23)(H,22,24). The summed E-state index contributed by atoms with van der Waals surface area (Å²) in [6.07, 6.45) is 0. The minimum Gasteiger partial charge on any atom is -0.497 e. The molecule has 0 atom stereocenters. The fourth-order valence-electron chi connectivity index (χ4n) is 2.26. The fourth-order valence-corrected chi connectivity index (χ4v) is 2.26. The molecule has 27 heavy (non-hydrogen) atoms. The number of hydrazine groups is 1. The summed E-state index contributed by atoms with van der Waals surface area (Å²) in [4.78, 5) is 23.6. The van der Waals surface area contributed by atoms with Crippen LogP contribution in [0.3, 0.4) is 0 Å². The molecule has 0 aliphatic heterocycles. The molecule has 2 rings (SSSR count). The van der Waals surface area contributed by atoms with Crippen LogP contribution < -0.4 is 25.1 Å². The van der Waals surface area contributed by atoms with Crippen molar-refractivity contribution in [1.82, 2.24) is 10.9 Å². The summed E-state index contributed by atoms with van der Waals surface area (Å²) >= 11 is 0. The van der Waals surface area contributed by atoms with Gasteiger partial charge in [0.15, 0.2) is 13.2 Å². The van der Waals surface area contributed by atoms with Gasteiger partial charge in [0, 0.05) is 0 Å². The molecule has 7 heteroatoms. The van der Waals surface area contributed by atoms with Gasteiger partial charge in [0.1, 0.15) is 17.2 Å². The average molecular weight is 372 g/mol. The maximum absolute atomic E-state index is 11.8. The van der Waals surface area contributed by atoms with Crippen molar-refractivity contribution in [3.05, 3.63) is 54.1 Å². The molecule has 0 aliphatic rings. The van der Waals surface area contributed by atoms with E-state index in [1.54, 1.807) is 31.4 Å². The third-order valence-corrected chi connectivity index (χ3v) is 3.67. The summed E-state index contributed by atoms with van der Waals surface area (Å²) in [5, 5.41) is 0. The van der Waals surface area contributed by atoms with Crippen molar-refractivity contribution >= 4 is 11.8 Å². The summed E-state index contributed by atoms with van der Waals surface area (Å²) < 4.78 is 15.9. The summed E-state index contributed by atoms with van der Waals surface area (Å²) in [6, 6.07) is 14.3. The third-order valence-electron chi connectivity index (χ3n) is 3.67. The van der Waals surface area contributed by atoms with E-state index in [-0.39, 0.29) is 19.1 Å². The lowest BCUT2D eigenvalue weighted by molar-refractivity contribution is -0.131. The molecule has 0 aliphatic carbocycles. The van der Waals surface area contributed by atoms with Gasteiger partial charge in [-0.2, -0.15) is 0 Å². The van der Waals surface area contributed by atoms with Crippen molar-refractivity contribution in [2.45, 2.75) is 19.8 Å². The summed E-state index contributed by atoms with van der Waals surface area (Å²) in [5.41, 5.74) is 5.59. The molecule has 0 radical (unpaired) electrons. The molecular formula is C20H24N2O5. The van der Waals surface area contributed by atoms with Crippen LogP contribution in [0.2, 0.25) is 0 Å². The van der Waals surface area contributed by atoms with Crippen LogP contribution in [0.25, 0.3) is 0 Å². The van der Waals surface area contributed by atoms with Crippen LogP contribution in [0.1, 0.15) is 25.3 Å². The maximum atomic E-state index is 11.8. The summed E-state index contributed by atoms with van der Waals surface area (Å²) in [5.74, 6) is 1.19. The van der Waals surface area contributed by atoms with Gasteiger partial charge in [-0.05, 0) is 41.8 Å². The molecule has 7 nitrogen and oxygen atoms in total. The number of carbonyl (C=O) groups excluding carboxylic acids is 2. The smallest absolute Gasteiger partial charge is 0.276 e. The second kappa shape index (κ2) is 10.1. The van der Waals surface area contributed by atoms with Crippen LogP contribution in [0.5, 0.6) is 17.2 Å². The molecule has 2 aromatic carbocycles. The maximum Gasteiger partial charge on any atom is 0.276 e. The molecule has 0 fully saturated rings. The van der Waals surface area contributed by atoms with E-state index in [9.17, 15) is 9.59 Å². The minimum atomic E-state index is -0.484. The van der Waals surface area contributed by atoms with Gasteiger partial charge in [-0.3, -0.25) is 20.4 Å². The number of carbonyl (C=O) groups is 2. The Labute approximate surface area is 158 Å². The van der Waals surface area contributed by atoms with E-state index < -0.39 is 11.8 Å². The molecule has 0 saturated heterocycles. The van der Waals surface area contributed by atoms with Crippen molar-refractivity contribution < 1.29 is 23.8 Å².